The molecule has 28 heavy (non-hydrogen) atoms. The Hall–Kier alpha value is -2.08. The van der Waals surface area contributed by atoms with Gasteiger partial charge in [-0.05, 0) is 61.3 Å². The maximum absolute atomic E-state index is 13.4. The van der Waals surface area contributed by atoms with Gasteiger partial charge < -0.3 is 14.7 Å². The molecule has 6 heteroatoms. The summed E-state index contributed by atoms with van der Waals surface area (Å²) >= 11 is 0. The number of ether oxygens (including phenoxy) is 1. The molecule has 3 rings (SSSR count). The first-order chi connectivity index (χ1) is 13.0. The number of benzene rings is 1. The summed E-state index contributed by atoms with van der Waals surface area (Å²) in [6.45, 7) is 6.76. The summed E-state index contributed by atoms with van der Waals surface area (Å²) in [5, 5.41) is 9.71. The maximum Gasteiger partial charge on any atom is 0.328 e. The van der Waals surface area contributed by atoms with E-state index in [4.69, 9.17) is 4.74 Å². The molecule has 0 radical (unpaired) electrons. The molecule has 1 heterocycles. The molecule has 154 valence electrons. The Morgan fingerprint density at radius 2 is 1.71 bits per heavy atom. The standard InChI is InChI=1S/C22H32N2O4/c1-21(2,3)16-10-12-22(13-11-16)24(18(14-28-22)20(26)27)19(25)15-6-8-17(9-7-15)23(4)5/h6-9,16,18H,10-14H2,1-5H3,(H,26,27). The van der Waals surface area contributed by atoms with Crippen LogP contribution in [0.2, 0.25) is 0 Å². The van der Waals surface area contributed by atoms with Gasteiger partial charge in [0.25, 0.3) is 5.91 Å². The number of aliphatic carboxylic acids is 1. The highest BCUT2D eigenvalue weighted by Crippen LogP contribution is 2.47. The van der Waals surface area contributed by atoms with Crippen LogP contribution in [0.3, 0.4) is 0 Å². The molecule has 2 aliphatic rings. The maximum atomic E-state index is 13.4. The zero-order valence-electron chi connectivity index (χ0n) is 17.6. The molecule has 6 nitrogen and oxygen atoms in total. The summed E-state index contributed by atoms with van der Waals surface area (Å²) in [5.41, 5.74) is 0.884. The summed E-state index contributed by atoms with van der Waals surface area (Å²) in [4.78, 5) is 28.7. The first-order valence-electron chi connectivity index (χ1n) is 10.0. The van der Waals surface area contributed by atoms with E-state index in [1.807, 2.05) is 31.1 Å². The van der Waals surface area contributed by atoms with Gasteiger partial charge in [0.1, 0.15) is 5.72 Å². The average molecular weight is 389 g/mol. The van der Waals surface area contributed by atoms with Gasteiger partial charge in [0.05, 0.1) is 6.61 Å². The Bertz CT molecular complexity index is 728. The number of carbonyl (C=O) groups is 2. The van der Waals surface area contributed by atoms with Crippen LogP contribution in [0.1, 0.15) is 56.8 Å². The van der Waals surface area contributed by atoms with Crippen LogP contribution >= 0.6 is 0 Å². The molecule has 1 saturated carbocycles. The molecule has 1 unspecified atom stereocenters. The van der Waals surface area contributed by atoms with Crippen molar-refractivity contribution in [1.82, 2.24) is 4.90 Å². The number of amides is 1. The number of carboxylic acids is 1. The van der Waals surface area contributed by atoms with E-state index in [0.29, 0.717) is 24.3 Å². The molecule has 1 atom stereocenters. The molecule has 1 saturated heterocycles. The third-order valence-electron chi connectivity index (χ3n) is 6.39. The lowest BCUT2D eigenvalue weighted by atomic mass is 9.70. The zero-order chi connectivity index (χ0) is 20.7. The molecule has 0 bridgehead atoms. The number of carbonyl (C=O) groups excluding carboxylic acids is 1. The Labute approximate surface area is 167 Å². The molecule has 1 aliphatic heterocycles. The van der Waals surface area contributed by atoms with E-state index in [0.717, 1.165) is 18.5 Å². The Morgan fingerprint density at radius 3 is 2.18 bits per heavy atom. The zero-order valence-corrected chi connectivity index (χ0v) is 17.6. The Morgan fingerprint density at radius 1 is 1.14 bits per heavy atom. The van der Waals surface area contributed by atoms with Gasteiger partial charge in [0.15, 0.2) is 6.04 Å². The minimum atomic E-state index is -1.01. The molecule has 1 N–H and O–H groups in total. The Balaban J connectivity index is 1.88. The van der Waals surface area contributed by atoms with Crippen LogP contribution < -0.4 is 4.90 Å². The molecule has 0 aromatic heterocycles. The van der Waals surface area contributed by atoms with Crippen molar-refractivity contribution in [2.45, 2.75) is 58.2 Å². The van der Waals surface area contributed by atoms with E-state index >= 15 is 0 Å². The van der Waals surface area contributed by atoms with Crippen LogP contribution in [0.4, 0.5) is 5.69 Å². The number of hydrogen-bond donors (Lipinski definition) is 1. The average Bonchev–Trinajstić information content (AvgIpc) is 2.99. The molecule has 2 fully saturated rings. The van der Waals surface area contributed by atoms with E-state index in [2.05, 4.69) is 20.8 Å². The molecule has 1 aliphatic carbocycles. The largest absolute Gasteiger partial charge is 0.480 e. The second kappa shape index (κ2) is 7.39. The van der Waals surface area contributed by atoms with E-state index in [1.54, 1.807) is 12.1 Å². The molecular weight excluding hydrogens is 356 g/mol. The second-order valence-corrected chi connectivity index (χ2v) is 9.37. The number of nitrogens with zero attached hydrogens (tertiary/aromatic N) is 2. The lowest BCUT2D eigenvalue weighted by molar-refractivity contribution is -0.144. The van der Waals surface area contributed by atoms with Crippen LogP contribution in [-0.4, -0.2) is 54.4 Å². The van der Waals surface area contributed by atoms with Gasteiger partial charge in [-0.1, -0.05) is 20.8 Å². The van der Waals surface area contributed by atoms with Crippen molar-refractivity contribution in [1.29, 1.82) is 0 Å². The smallest absolute Gasteiger partial charge is 0.328 e. The van der Waals surface area contributed by atoms with Crippen molar-refractivity contribution in [3.63, 3.8) is 0 Å². The molecule has 1 aromatic rings. The minimum absolute atomic E-state index is 0.0526. The van der Waals surface area contributed by atoms with Crippen LogP contribution in [0.15, 0.2) is 24.3 Å². The number of anilines is 1. The topological polar surface area (TPSA) is 70.1 Å². The Kier molecular flexibility index (Phi) is 5.45. The highest BCUT2D eigenvalue weighted by molar-refractivity contribution is 5.97. The van der Waals surface area contributed by atoms with Crippen molar-refractivity contribution in [3.8, 4) is 0 Å². The summed E-state index contributed by atoms with van der Waals surface area (Å²) in [7, 11) is 3.88. The van der Waals surface area contributed by atoms with E-state index in [-0.39, 0.29) is 17.9 Å². The SMILES string of the molecule is CN(C)c1ccc(C(=O)N2C(C(=O)O)COC23CCC(C(C)(C)C)CC3)cc1. The lowest BCUT2D eigenvalue weighted by Gasteiger charge is -2.46. The molecule has 1 amide bonds. The van der Waals surface area contributed by atoms with Gasteiger partial charge in [0.2, 0.25) is 0 Å². The first-order valence-corrected chi connectivity index (χ1v) is 10.0. The summed E-state index contributed by atoms with van der Waals surface area (Å²) < 4.78 is 6.05. The van der Waals surface area contributed by atoms with E-state index in [1.165, 1.54) is 4.90 Å². The highest BCUT2D eigenvalue weighted by Gasteiger charge is 2.54. The predicted octanol–water partition coefficient (Wildman–Crippen LogP) is 3.61. The monoisotopic (exact) mass is 388 g/mol. The molecule has 1 aromatic carbocycles. The predicted molar refractivity (Wildman–Crippen MR) is 108 cm³/mol. The van der Waals surface area contributed by atoms with Crippen molar-refractivity contribution < 1.29 is 19.4 Å². The van der Waals surface area contributed by atoms with Gasteiger partial charge in [-0.3, -0.25) is 9.69 Å². The third kappa shape index (κ3) is 3.75. The highest BCUT2D eigenvalue weighted by atomic mass is 16.5. The van der Waals surface area contributed by atoms with Gasteiger partial charge in [-0.25, -0.2) is 4.79 Å². The number of hydrogen-bond acceptors (Lipinski definition) is 4. The third-order valence-corrected chi connectivity index (χ3v) is 6.39. The summed E-state index contributed by atoms with van der Waals surface area (Å²) in [6, 6.07) is 6.35. The van der Waals surface area contributed by atoms with Crippen molar-refractivity contribution in [3.05, 3.63) is 29.8 Å². The fourth-order valence-corrected chi connectivity index (χ4v) is 4.53. The van der Waals surface area contributed by atoms with Crippen molar-refractivity contribution in [2.24, 2.45) is 11.3 Å². The number of carboxylic acid groups (broad SMARTS) is 1. The lowest BCUT2D eigenvalue weighted by Crippen LogP contribution is -2.55. The molecular formula is C22H32N2O4. The summed E-state index contributed by atoms with van der Waals surface area (Å²) in [6.07, 6.45) is 3.22. The fraction of sp³-hybridized carbons (Fsp3) is 0.636. The first kappa shape index (κ1) is 20.6. The fourth-order valence-electron chi connectivity index (χ4n) is 4.53. The van der Waals surface area contributed by atoms with E-state index in [9.17, 15) is 14.7 Å². The summed E-state index contributed by atoms with van der Waals surface area (Å²) in [5.74, 6) is -0.723. The van der Waals surface area contributed by atoms with Crippen LogP contribution in [0.5, 0.6) is 0 Å². The normalized spacial score (nSPS) is 27.8. The van der Waals surface area contributed by atoms with Crippen molar-refractivity contribution >= 4 is 17.6 Å². The van der Waals surface area contributed by atoms with Gasteiger partial charge in [0, 0.05) is 25.3 Å². The minimum Gasteiger partial charge on any atom is -0.480 e. The van der Waals surface area contributed by atoms with Crippen molar-refractivity contribution in [2.75, 3.05) is 25.6 Å². The van der Waals surface area contributed by atoms with E-state index < -0.39 is 17.7 Å². The van der Waals surface area contributed by atoms with Crippen LogP contribution in [0, 0.1) is 11.3 Å². The van der Waals surface area contributed by atoms with Crippen LogP contribution in [-0.2, 0) is 9.53 Å². The van der Waals surface area contributed by atoms with Crippen LogP contribution in [0.25, 0.3) is 0 Å². The van der Waals surface area contributed by atoms with Gasteiger partial charge in [-0.2, -0.15) is 0 Å². The quantitative estimate of drug-likeness (QED) is 0.857. The number of rotatable bonds is 3. The van der Waals surface area contributed by atoms with Gasteiger partial charge in [-0.15, -0.1) is 0 Å². The van der Waals surface area contributed by atoms with Gasteiger partial charge >= 0.3 is 5.97 Å². The molecule has 1 spiro atoms. The second-order valence-electron chi connectivity index (χ2n) is 9.37.